The molecule has 1 aromatic rings. The Bertz CT molecular complexity index is 505. The zero-order chi connectivity index (χ0) is 15.1. The molecular formula is C15H18O5. The standard InChI is InChI=1S/C15H18O5/c1-4-19-15(18)13(17)9-12(16)11-7-5-6-8-14(11)20-10(2)3/h5-8,10H,4,9H2,1-3H3. The lowest BCUT2D eigenvalue weighted by molar-refractivity contribution is -0.153. The van der Waals surface area contributed by atoms with Crippen molar-refractivity contribution in [1.29, 1.82) is 0 Å². The molecule has 1 rings (SSSR count). The van der Waals surface area contributed by atoms with Gasteiger partial charge in [0.2, 0.25) is 5.78 Å². The lowest BCUT2D eigenvalue weighted by atomic mass is 10.0. The van der Waals surface area contributed by atoms with Gasteiger partial charge in [-0.3, -0.25) is 9.59 Å². The number of ether oxygens (including phenoxy) is 2. The topological polar surface area (TPSA) is 69.7 Å². The summed E-state index contributed by atoms with van der Waals surface area (Å²) in [6.07, 6.45) is -0.609. The van der Waals surface area contributed by atoms with Crippen molar-refractivity contribution in [2.75, 3.05) is 6.61 Å². The van der Waals surface area contributed by atoms with Crippen LogP contribution >= 0.6 is 0 Å². The molecule has 108 valence electrons. The number of esters is 1. The van der Waals surface area contributed by atoms with Crippen LogP contribution in [-0.2, 0) is 14.3 Å². The molecule has 0 saturated heterocycles. The van der Waals surface area contributed by atoms with E-state index in [-0.39, 0.29) is 12.7 Å². The van der Waals surface area contributed by atoms with Crippen LogP contribution in [0.4, 0.5) is 0 Å². The molecule has 0 aliphatic heterocycles. The molecule has 0 aromatic heterocycles. The van der Waals surface area contributed by atoms with Gasteiger partial charge in [-0.1, -0.05) is 12.1 Å². The second kappa shape index (κ2) is 7.43. The van der Waals surface area contributed by atoms with Gasteiger partial charge < -0.3 is 9.47 Å². The van der Waals surface area contributed by atoms with Crippen LogP contribution in [0.3, 0.4) is 0 Å². The van der Waals surface area contributed by atoms with Crippen molar-refractivity contribution >= 4 is 17.5 Å². The van der Waals surface area contributed by atoms with Gasteiger partial charge in [-0.2, -0.15) is 0 Å². The van der Waals surface area contributed by atoms with Gasteiger partial charge in [0, 0.05) is 0 Å². The fraction of sp³-hybridized carbons (Fsp3) is 0.400. The summed E-state index contributed by atoms with van der Waals surface area (Å²) in [7, 11) is 0. The minimum atomic E-state index is -0.983. The van der Waals surface area contributed by atoms with Crippen LogP contribution in [-0.4, -0.2) is 30.2 Å². The van der Waals surface area contributed by atoms with Crippen molar-refractivity contribution in [1.82, 2.24) is 0 Å². The van der Waals surface area contributed by atoms with Crippen molar-refractivity contribution < 1.29 is 23.9 Å². The largest absolute Gasteiger partial charge is 0.490 e. The Hall–Kier alpha value is -2.17. The van der Waals surface area contributed by atoms with E-state index in [0.717, 1.165) is 0 Å². The van der Waals surface area contributed by atoms with E-state index in [4.69, 9.17) is 4.74 Å². The molecule has 0 unspecified atom stereocenters. The second-order valence-electron chi connectivity index (χ2n) is 4.41. The molecule has 0 heterocycles. The highest BCUT2D eigenvalue weighted by atomic mass is 16.5. The van der Waals surface area contributed by atoms with Gasteiger partial charge in [-0.05, 0) is 32.9 Å². The van der Waals surface area contributed by atoms with Crippen LogP contribution in [0.1, 0.15) is 37.6 Å². The Morgan fingerprint density at radius 1 is 1.15 bits per heavy atom. The number of para-hydroxylation sites is 1. The van der Waals surface area contributed by atoms with Crippen LogP contribution in [0.5, 0.6) is 5.75 Å². The zero-order valence-corrected chi connectivity index (χ0v) is 11.8. The summed E-state index contributed by atoms with van der Waals surface area (Å²) in [5, 5.41) is 0. The summed E-state index contributed by atoms with van der Waals surface area (Å²) in [6, 6.07) is 6.64. The van der Waals surface area contributed by atoms with Crippen molar-refractivity contribution in [2.45, 2.75) is 33.3 Å². The lowest BCUT2D eigenvalue weighted by Crippen LogP contribution is -2.21. The number of ketones is 2. The van der Waals surface area contributed by atoms with Gasteiger partial charge in [-0.25, -0.2) is 4.79 Å². The van der Waals surface area contributed by atoms with E-state index in [1.165, 1.54) is 0 Å². The molecule has 0 saturated carbocycles. The van der Waals surface area contributed by atoms with Gasteiger partial charge in [0.15, 0.2) is 5.78 Å². The summed E-state index contributed by atoms with van der Waals surface area (Å²) < 4.78 is 10.1. The fourth-order valence-corrected chi connectivity index (χ4v) is 1.58. The maximum atomic E-state index is 12.1. The normalized spacial score (nSPS) is 10.2. The minimum absolute atomic E-state index is 0.0929. The predicted octanol–water partition coefficient (Wildman–Crippen LogP) is 2.18. The van der Waals surface area contributed by atoms with E-state index in [2.05, 4.69) is 4.74 Å². The summed E-state index contributed by atoms with van der Waals surface area (Å²) >= 11 is 0. The molecule has 1 aromatic carbocycles. The maximum absolute atomic E-state index is 12.1. The molecule has 20 heavy (non-hydrogen) atoms. The third-order valence-corrected chi connectivity index (χ3v) is 2.37. The van der Waals surface area contributed by atoms with E-state index in [1.807, 2.05) is 13.8 Å². The van der Waals surface area contributed by atoms with Gasteiger partial charge in [-0.15, -0.1) is 0 Å². The number of benzene rings is 1. The number of carbonyl (C=O) groups is 3. The molecule has 0 fully saturated rings. The smallest absolute Gasteiger partial charge is 0.375 e. The fourth-order valence-electron chi connectivity index (χ4n) is 1.58. The van der Waals surface area contributed by atoms with Gasteiger partial charge in [0.1, 0.15) is 5.75 Å². The Balaban J connectivity index is 2.82. The first kappa shape index (κ1) is 15.9. The zero-order valence-electron chi connectivity index (χ0n) is 11.8. The van der Waals surface area contributed by atoms with Crippen molar-refractivity contribution in [2.24, 2.45) is 0 Å². The minimum Gasteiger partial charge on any atom is -0.490 e. The molecule has 5 nitrogen and oxygen atoms in total. The Kier molecular flexibility index (Phi) is 5.90. The maximum Gasteiger partial charge on any atom is 0.375 e. The first-order valence-corrected chi connectivity index (χ1v) is 6.44. The second-order valence-corrected chi connectivity index (χ2v) is 4.41. The Morgan fingerprint density at radius 3 is 2.40 bits per heavy atom. The quantitative estimate of drug-likeness (QED) is 0.331. The summed E-state index contributed by atoms with van der Waals surface area (Å²) in [5.74, 6) is -1.89. The molecule has 0 radical (unpaired) electrons. The van der Waals surface area contributed by atoms with Crippen molar-refractivity contribution in [3.05, 3.63) is 29.8 Å². The molecule has 0 atom stereocenters. The molecular weight excluding hydrogens is 260 g/mol. The van der Waals surface area contributed by atoms with E-state index >= 15 is 0 Å². The monoisotopic (exact) mass is 278 g/mol. The lowest BCUT2D eigenvalue weighted by Gasteiger charge is -2.13. The number of hydrogen-bond donors (Lipinski definition) is 0. The van der Waals surface area contributed by atoms with E-state index in [9.17, 15) is 14.4 Å². The third kappa shape index (κ3) is 4.50. The molecule has 0 bridgehead atoms. The molecule has 0 amide bonds. The average molecular weight is 278 g/mol. The van der Waals surface area contributed by atoms with E-state index < -0.39 is 24.0 Å². The van der Waals surface area contributed by atoms with Crippen LogP contribution in [0.2, 0.25) is 0 Å². The van der Waals surface area contributed by atoms with E-state index in [1.54, 1.807) is 31.2 Å². The number of Topliss-reactive ketones (excluding diaryl/α,β-unsaturated/α-hetero) is 2. The summed E-state index contributed by atoms with van der Waals surface area (Å²) in [5.41, 5.74) is 0.291. The van der Waals surface area contributed by atoms with E-state index in [0.29, 0.717) is 11.3 Å². The molecule has 0 aliphatic rings. The summed E-state index contributed by atoms with van der Waals surface area (Å²) in [4.78, 5) is 34.8. The van der Waals surface area contributed by atoms with Crippen LogP contribution in [0.15, 0.2) is 24.3 Å². The van der Waals surface area contributed by atoms with Gasteiger partial charge >= 0.3 is 5.97 Å². The summed E-state index contributed by atoms with van der Waals surface area (Å²) in [6.45, 7) is 5.38. The SMILES string of the molecule is CCOC(=O)C(=O)CC(=O)c1ccccc1OC(C)C. The van der Waals surface area contributed by atoms with Crippen LogP contribution < -0.4 is 4.74 Å². The van der Waals surface area contributed by atoms with Crippen LogP contribution in [0.25, 0.3) is 0 Å². The number of hydrogen-bond acceptors (Lipinski definition) is 5. The first-order valence-electron chi connectivity index (χ1n) is 6.44. The predicted molar refractivity (Wildman–Crippen MR) is 72.8 cm³/mol. The third-order valence-electron chi connectivity index (χ3n) is 2.37. The number of rotatable bonds is 7. The van der Waals surface area contributed by atoms with Crippen molar-refractivity contribution in [3.8, 4) is 5.75 Å². The van der Waals surface area contributed by atoms with Gasteiger partial charge in [0.25, 0.3) is 0 Å². The Labute approximate surface area is 117 Å². The highest BCUT2D eigenvalue weighted by Gasteiger charge is 2.22. The first-order chi connectivity index (χ1) is 9.45. The highest BCUT2D eigenvalue weighted by Crippen LogP contribution is 2.21. The van der Waals surface area contributed by atoms with Crippen molar-refractivity contribution in [3.63, 3.8) is 0 Å². The Morgan fingerprint density at radius 2 is 1.80 bits per heavy atom. The molecule has 0 aliphatic carbocycles. The van der Waals surface area contributed by atoms with Gasteiger partial charge in [0.05, 0.1) is 24.7 Å². The molecule has 0 N–H and O–H groups in total. The highest BCUT2D eigenvalue weighted by molar-refractivity contribution is 6.38. The number of carbonyl (C=O) groups excluding carboxylic acids is 3. The average Bonchev–Trinajstić information content (AvgIpc) is 2.38. The molecule has 0 spiro atoms. The van der Waals surface area contributed by atoms with Crippen LogP contribution in [0, 0.1) is 0 Å². The molecule has 5 heteroatoms.